The van der Waals surface area contributed by atoms with E-state index < -0.39 is 0 Å². The maximum atomic E-state index is 11.8. The van der Waals surface area contributed by atoms with Gasteiger partial charge in [0.05, 0.1) is 11.6 Å². The van der Waals surface area contributed by atoms with E-state index in [9.17, 15) is 4.79 Å². The van der Waals surface area contributed by atoms with Crippen molar-refractivity contribution in [3.05, 3.63) is 10.6 Å². The van der Waals surface area contributed by atoms with Crippen molar-refractivity contribution in [1.82, 2.24) is 4.98 Å². The summed E-state index contributed by atoms with van der Waals surface area (Å²) in [6.45, 7) is 3.69. The number of carbonyl (C=O) groups is 1. The molecule has 0 radical (unpaired) electrons. The van der Waals surface area contributed by atoms with Crippen LogP contribution in [0.5, 0.6) is 0 Å². The average Bonchev–Trinajstić information content (AvgIpc) is 2.69. The molecule has 4 nitrogen and oxygen atoms in total. The van der Waals surface area contributed by atoms with E-state index in [0.29, 0.717) is 0 Å². The number of hydrogen-bond donors (Lipinski definition) is 2. The molecule has 1 heterocycles. The number of amides is 1. The molecule has 1 aliphatic carbocycles. The number of aromatic nitrogens is 1. The summed E-state index contributed by atoms with van der Waals surface area (Å²) >= 11 is 1.61. The summed E-state index contributed by atoms with van der Waals surface area (Å²) in [5.41, 5.74) is 6.88. The highest BCUT2D eigenvalue weighted by atomic mass is 32.1. The standard InChI is InChI=1S/C12H19N3OS/c1-7(8(2)13)11(16)15-12-14-9-5-3-4-6-10(9)17-12/h7-8H,3-6,13H2,1-2H3,(H,14,15,16). The summed E-state index contributed by atoms with van der Waals surface area (Å²) < 4.78 is 0. The fraction of sp³-hybridized carbons (Fsp3) is 0.667. The Morgan fingerprint density at radius 2 is 2.12 bits per heavy atom. The van der Waals surface area contributed by atoms with Gasteiger partial charge in [-0.05, 0) is 32.6 Å². The first-order chi connectivity index (χ1) is 8.08. The van der Waals surface area contributed by atoms with Crippen molar-refractivity contribution in [2.24, 2.45) is 11.7 Å². The zero-order valence-electron chi connectivity index (χ0n) is 10.3. The lowest BCUT2D eigenvalue weighted by molar-refractivity contribution is -0.119. The molecule has 2 rings (SSSR count). The number of nitrogens with one attached hydrogen (secondary N) is 1. The zero-order chi connectivity index (χ0) is 12.4. The second kappa shape index (κ2) is 5.14. The summed E-state index contributed by atoms with van der Waals surface area (Å²) in [7, 11) is 0. The van der Waals surface area contributed by atoms with Gasteiger partial charge < -0.3 is 11.1 Å². The van der Waals surface area contributed by atoms with Gasteiger partial charge in [0.2, 0.25) is 5.91 Å². The minimum Gasteiger partial charge on any atom is -0.327 e. The van der Waals surface area contributed by atoms with Gasteiger partial charge in [-0.3, -0.25) is 4.79 Å². The lowest BCUT2D eigenvalue weighted by Gasteiger charge is -2.13. The number of fused-ring (bicyclic) bond motifs is 1. The predicted molar refractivity (Wildman–Crippen MR) is 70.2 cm³/mol. The molecule has 0 saturated carbocycles. The molecule has 0 aromatic carbocycles. The van der Waals surface area contributed by atoms with Crippen LogP contribution in [0.15, 0.2) is 0 Å². The van der Waals surface area contributed by atoms with Crippen LogP contribution in [0.3, 0.4) is 0 Å². The molecule has 1 aromatic rings. The molecule has 2 unspecified atom stereocenters. The smallest absolute Gasteiger partial charge is 0.230 e. The fourth-order valence-corrected chi connectivity index (χ4v) is 2.92. The van der Waals surface area contributed by atoms with Gasteiger partial charge in [0.25, 0.3) is 0 Å². The highest BCUT2D eigenvalue weighted by molar-refractivity contribution is 7.15. The molecule has 1 amide bonds. The van der Waals surface area contributed by atoms with E-state index in [4.69, 9.17) is 5.73 Å². The number of anilines is 1. The van der Waals surface area contributed by atoms with Crippen molar-refractivity contribution in [2.75, 3.05) is 5.32 Å². The summed E-state index contributed by atoms with van der Waals surface area (Å²) in [6.07, 6.45) is 4.59. The van der Waals surface area contributed by atoms with Crippen molar-refractivity contribution >= 4 is 22.4 Å². The highest BCUT2D eigenvalue weighted by Crippen LogP contribution is 2.29. The van der Waals surface area contributed by atoms with Gasteiger partial charge in [-0.15, -0.1) is 11.3 Å². The van der Waals surface area contributed by atoms with Crippen molar-refractivity contribution in [1.29, 1.82) is 0 Å². The van der Waals surface area contributed by atoms with Crippen LogP contribution in [0.2, 0.25) is 0 Å². The topological polar surface area (TPSA) is 68.0 Å². The number of hydrogen-bond acceptors (Lipinski definition) is 4. The Labute approximate surface area is 106 Å². The SMILES string of the molecule is CC(N)C(C)C(=O)Nc1nc2c(s1)CCCC2. The van der Waals surface area contributed by atoms with Gasteiger partial charge in [-0.1, -0.05) is 6.92 Å². The molecule has 3 N–H and O–H groups in total. The number of nitrogens with zero attached hydrogens (tertiary/aromatic N) is 1. The van der Waals surface area contributed by atoms with Crippen LogP contribution in [0.4, 0.5) is 5.13 Å². The van der Waals surface area contributed by atoms with Crippen LogP contribution >= 0.6 is 11.3 Å². The molecule has 0 spiro atoms. The molecule has 0 aliphatic heterocycles. The highest BCUT2D eigenvalue weighted by Gasteiger charge is 2.20. The Kier molecular flexibility index (Phi) is 3.79. The molecule has 5 heteroatoms. The Morgan fingerprint density at radius 3 is 2.76 bits per heavy atom. The third-order valence-electron chi connectivity index (χ3n) is 3.28. The molecule has 0 saturated heterocycles. The van der Waals surface area contributed by atoms with Gasteiger partial charge >= 0.3 is 0 Å². The van der Waals surface area contributed by atoms with E-state index in [2.05, 4.69) is 10.3 Å². The molecule has 2 atom stereocenters. The van der Waals surface area contributed by atoms with Gasteiger partial charge in [-0.25, -0.2) is 4.98 Å². The summed E-state index contributed by atoms with van der Waals surface area (Å²) in [5.74, 6) is -0.220. The molecular weight excluding hydrogens is 234 g/mol. The molecule has 94 valence electrons. The van der Waals surface area contributed by atoms with Gasteiger partial charge in [-0.2, -0.15) is 0 Å². The quantitative estimate of drug-likeness (QED) is 0.865. The molecule has 0 bridgehead atoms. The Balaban J connectivity index is 2.04. The minimum absolute atomic E-state index is 0.0360. The minimum atomic E-state index is -0.184. The van der Waals surface area contributed by atoms with Crippen LogP contribution in [0.1, 0.15) is 37.3 Å². The molecule has 17 heavy (non-hydrogen) atoms. The van der Waals surface area contributed by atoms with Crippen LogP contribution in [0.25, 0.3) is 0 Å². The third-order valence-corrected chi connectivity index (χ3v) is 4.35. The lowest BCUT2D eigenvalue weighted by Crippen LogP contribution is -2.34. The monoisotopic (exact) mass is 253 g/mol. The predicted octanol–water partition coefficient (Wildman–Crippen LogP) is 1.94. The fourth-order valence-electron chi connectivity index (χ4n) is 1.86. The number of carbonyl (C=O) groups excluding carboxylic acids is 1. The van der Waals surface area contributed by atoms with Crippen molar-refractivity contribution in [3.63, 3.8) is 0 Å². The Morgan fingerprint density at radius 1 is 1.41 bits per heavy atom. The normalized spacial score (nSPS) is 18.3. The van der Waals surface area contributed by atoms with E-state index >= 15 is 0 Å². The first kappa shape index (κ1) is 12.5. The van der Waals surface area contributed by atoms with Crippen LogP contribution in [-0.2, 0) is 17.6 Å². The second-order valence-electron chi connectivity index (χ2n) is 4.73. The van der Waals surface area contributed by atoms with Crippen LogP contribution in [-0.4, -0.2) is 16.9 Å². The van der Waals surface area contributed by atoms with Crippen molar-refractivity contribution in [2.45, 2.75) is 45.6 Å². The molecule has 0 fully saturated rings. The third kappa shape index (κ3) is 2.84. The van der Waals surface area contributed by atoms with Crippen molar-refractivity contribution < 1.29 is 4.79 Å². The maximum absolute atomic E-state index is 11.8. The van der Waals surface area contributed by atoms with Crippen LogP contribution in [0, 0.1) is 5.92 Å². The van der Waals surface area contributed by atoms with E-state index in [1.54, 1.807) is 11.3 Å². The number of aryl methyl sites for hydroxylation is 2. The van der Waals surface area contributed by atoms with Gasteiger partial charge in [0.15, 0.2) is 5.13 Å². The maximum Gasteiger partial charge on any atom is 0.230 e. The van der Waals surface area contributed by atoms with Crippen LogP contribution < -0.4 is 11.1 Å². The van der Waals surface area contributed by atoms with Crippen molar-refractivity contribution in [3.8, 4) is 0 Å². The van der Waals surface area contributed by atoms with E-state index in [1.165, 1.54) is 23.4 Å². The largest absolute Gasteiger partial charge is 0.327 e. The Hall–Kier alpha value is -0.940. The van der Waals surface area contributed by atoms with Gasteiger partial charge in [0, 0.05) is 10.9 Å². The average molecular weight is 253 g/mol. The van der Waals surface area contributed by atoms with E-state index in [-0.39, 0.29) is 17.9 Å². The van der Waals surface area contributed by atoms with E-state index in [0.717, 1.165) is 18.0 Å². The molecular formula is C12H19N3OS. The second-order valence-corrected chi connectivity index (χ2v) is 5.82. The molecule has 1 aromatic heterocycles. The summed E-state index contributed by atoms with van der Waals surface area (Å²) in [4.78, 5) is 17.7. The van der Waals surface area contributed by atoms with E-state index in [1.807, 2.05) is 13.8 Å². The number of thiazole rings is 1. The number of rotatable bonds is 3. The molecule has 1 aliphatic rings. The van der Waals surface area contributed by atoms with Gasteiger partial charge in [0.1, 0.15) is 0 Å². The Bertz CT molecular complexity index is 390. The first-order valence-corrected chi connectivity index (χ1v) is 6.94. The lowest BCUT2D eigenvalue weighted by atomic mass is 10.0. The zero-order valence-corrected chi connectivity index (χ0v) is 11.1. The number of nitrogens with two attached hydrogens (primary N) is 1. The first-order valence-electron chi connectivity index (χ1n) is 6.13. The summed E-state index contributed by atoms with van der Waals surface area (Å²) in [5, 5.41) is 3.60. The summed E-state index contributed by atoms with van der Waals surface area (Å²) in [6, 6.07) is -0.135.